The van der Waals surface area contributed by atoms with Crippen molar-refractivity contribution in [3.8, 4) is 6.07 Å². The normalized spacial score (nSPS) is 11.2. The van der Waals surface area contributed by atoms with E-state index in [-0.39, 0.29) is 22.1 Å². The lowest BCUT2D eigenvalue weighted by Gasteiger charge is -2.08. The van der Waals surface area contributed by atoms with E-state index >= 15 is 0 Å². The van der Waals surface area contributed by atoms with Crippen LogP contribution in [-0.4, -0.2) is 26.7 Å². The first-order valence-electron chi connectivity index (χ1n) is 6.31. The second kappa shape index (κ2) is 8.22. The molecule has 0 atom stereocenters. The number of halogens is 1. The topological polar surface area (TPSA) is 90.2 Å². The number of sulfonamides is 1. The number of hydrogen-bond acceptors (Lipinski definition) is 4. The van der Waals surface area contributed by atoms with Crippen molar-refractivity contribution in [1.29, 1.82) is 5.26 Å². The first kappa shape index (κ1) is 16.9. The van der Waals surface area contributed by atoms with Crippen molar-refractivity contribution in [2.75, 3.05) is 13.2 Å². The van der Waals surface area contributed by atoms with Gasteiger partial charge in [0.05, 0.1) is 5.56 Å². The minimum Gasteiger partial charge on any atom is -0.396 e. The molecule has 5 nitrogen and oxygen atoms in total. The average Bonchev–Trinajstić information content (AvgIpc) is 2.42. The number of unbranched alkanes of at least 4 members (excludes halogenated alkanes) is 3. The molecule has 0 amide bonds. The fraction of sp³-hybridized carbons (Fsp3) is 0.462. The van der Waals surface area contributed by atoms with Crippen molar-refractivity contribution >= 4 is 21.6 Å². The van der Waals surface area contributed by atoms with E-state index in [9.17, 15) is 8.42 Å². The van der Waals surface area contributed by atoms with E-state index in [1.807, 2.05) is 6.07 Å². The molecule has 1 rings (SSSR count). The van der Waals surface area contributed by atoms with Crippen LogP contribution in [0.1, 0.15) is 31.2 Å². The molecular weight excluding hydrogens is 300 g/mol. The summed E-state index contributed by atoms with van der Waals surface area (Å²) in [6.45, 7) is 0.449. The second-order valence-electron chi connectivity index (χ2n) is 4.29. The first-order valence-corrected chi connectivity index (χ1v) is 8.17. The Hall–Kier alpha value is -1.13. The van der Waals surface area contributed by atoms with Crippen molar-refractivity contribution in [2.45, 2.75) is 30.6 Å². The van der Waals surface area contributed by atoms with Gasteiger partial charge in [-0.2, -0.15) is 5.26 Å². The Balaban J connectivity index is 2.65. The van der Waals surface area contributed by atoms with Crippen molar-refractivity contribution in [3.05, 3.63) is 28.8 Å². The Morgan fingerprint density at radius 2 is 1.95 bits per heavy atom. The molecule has 0 heterocycles. The van der Waals surface area contributed by atoms with Gasteiger partial charge in [-0.3, -0.25) is 0 Å². The van der Waals surface area contributed by atoms with Gasteiger partial charge in [0.2, 0.25) is 10.0 Å². The summed E-state index contributed by atoms with van der Waals surface area (Å²) in [7, 11) is -3.72. The van der Waals surface area contributed by atoms with Gasteiger partial charge in [-0.15, -0.1) is 0 Å². The maximum absolute atomic E-state index is 12.1. The zero-order valence-electron chi connectivity index (χ0n) is 11.0. The summed E-state index contributed by atoms with van der Waals surface area (Å²) in [5, 5.41) is 17.8. The van der Waals surface area contributed by atoms with Gasteiger partial charge >= 0.3 is 0 Å². The number of nitriles is 1. The van der Waals surface area contributed by atoms with Crippen molar-refractivity contribution in [2.24, 2.45) is 0 Å². The van der Waals surface area contributed by atoms with Gasteiger partial charge in [-0.25, -0.2) is 13.1 Å². The van der Waals surface area contributed by atoms with E-state index in [1.54, 1.807) is 0 Å². The molecule has 0 bridgehead atoms. The predicted molar refractivity (Wildman–Crippen MR) is 76.9 cm³/mol. The zero-order chi connectivity index (χ0) is 15.0. The van der Waals surface area contributed by atoms with E-state index < -0.39 is 10.0 Å². The van der Waals surface area contributed by atoms with E-state index in [4.69, 9.17) is 22.0 Å². The van der Waals surface area contributed by atoms with Crippen molar-refractivity contribution in [1.82, 2.24) is 4.72 Å². The number of nitrogens with zero attached hydrogens (tertiary/aromatic N) is 1. The lowest BCUT2D eigenvalue weighted by atomic mass is 10.2. The number of nitrogens with one attached hydrogen (secondary N) is 1. The molecule has 2 N–H and O–H groups in total. The summed E-state index contributed by atoms with van der Waals surface area (Å²) in [6.07, 6.45) is 3.10. The van der Waals surface area contributed by atoms with Crippen LogP contribution in [0.4, 0.5) is 0 Å². The molecule has 0 saturated heterocycles. The van der Waals surface area contributed by atoms with Gasteiger partial charge < -0.3 is 5.11 Å². The maximum Gasteiger partial charge on any atom is 0.241 e. The molecule has 0 aliphatic carbocycles. The van der Waals surface area contributed by atoms with Gasteiger partial charge in [0.1, 0.15) is 11.0 Å². The van der Waals surface area contributed by atoms with Crippen molar-refractivity contribution in [3.63, 3.8) is 0 Å². The van der Waals surface area contributed by atoms with Crippen LogP contribution < -0.4 is 4.72 Å². The van der Waals surface area contributed by atoms with E-state index in [1.165, 1.54) is 18.2 Å². The molecular formula is C13H17ClN2O3S. The molecule has 7 heteroatoms. The third-order valence-electron chi connectivity index (χ3n) is 2.73. The molecule has 1 aromatic rings. The van der Waals surface area contributed by atoms with Crippen LogP contribution in [0.5, 0.6) is 0 Å². The summed E-state index contributed by atoms with van der Waals surface area (Å²) in [6, 6.07) is 5.98. The van der Waals surface area contributed by atoms with Crippen LogP contribution in [0, 0.1) is 11.3 Å². The smallest absolute Gasteiger partial charge is 0.241 e. The van der Waals surface area contributed by atoms with Crippen LogP contribution in [0.3, 0.4) is 0 Å². The number of hydrogen-bond donors (Lipinski definition) is 2. The molecule has 1 aromatic carbocycles. The van der Waals surface area contributed by atoms with Crippen molar-refractivity contribution < 1.29 is 13.5 Å². The zero-order valence-corrected chi connectivity index (χ0v) is 12.5. The molecule has 0 aliphatic rings. The summed E-state index contributed by atoms with van der Waals surface area (Å²) in [5.41, 5.74) is 0.0715. The maximum atomic E-state index is 12.1. The quantitative estimate of drug-likeness (QED) is 0.718. The standard InChI is InChI=1S/C13H17ClN2O3S/c14-12-6-5-11(10-15)13(9-12)20(18,19)16-7-3-1-2-4-8-17/h5-6,9,16-17H,1-4,7-8H2. The molecule has 0 aliphatic heterocycles. The van der Waals surface area contributed by atoms with Crippen LogP contribution in [0.25, 0.3) is 0 Å². The summed E-state index contributed by atoms with van der Waals surface area (Å²) >= 11 is 5.77. The number of benzene rings is 1. The van der Waals surface area contributed by atoms with E-state index in [2.05, 4.69) is 4.72 Å². The Bertz CT molecular complexity index is 582. The van der Waals surface area contributed by atoms with Crippen LogP contribution in [-0.2, 0) is 10.0 Å². The Morgan fingerprint density at radius 1 is 1.25 bits per heavy atom. The molecule has 20 heavy (non-hydrogen) atoms. The molecule has 0 fully saturated rings. The van der Waals surface area contributed by atoms with E-state index in [0.717, 1.165) is 19.3 Å². The minimum atomic E-state index is -3.72. The summed E-state index contributed by atoms with van der Waals surface area (Å²) in [4.78, 5) is -0.0946. The van der Waals surface area contributed by atoms with Gasteiger partial charge in [0.25, 0.3) is 0 Å². The Morgan fingerprint density at radius 3 is 2.60 bits per heavy atom. The highest BCUT2D eigenvalue weighted by molar-refractivity contribution is 7.89. The predicted octanol–water partition coefficient (Wildman–Crippen LogP) is 2.04. The average molecular weight is 317 g/mol. The first-order chi connectivity index (χ1) is 9.51. The highest BCUT2D eigenvalue weighted by Crippen LogP contribution is 2.20. The van der Waals surface area contributed by atoms with Gasteiger partial charge in [-0.05, 0) is 31.0 Å². The fourth-order valence-electron chi connectivity index (χ4n) is 1.69. The second-order valence-corrected chi connectivity index (χ2v) is 6.46. The Kier molecular flexibility index (Phi) is 6.96. The number of rotatable bonds is 8. The van der Waals surface area contributed by atoms with Crippen LogP contribution in [0.2, 0.25) is 5.02 Å². The van der Waals surface area contributed by atoms with E-state index in [0.29, 0.717) is 13.0 Å². The van der Waals surface area contributed by atoms with Crippen LogP contribution >= 0.6 is 11.6 Å². The molecule has 0 saturated carbocycles. The third kappa shape index (κ3) is 5.10. The fourth-order valence-corrected chi connectivity index (χ4v) is 3.18. The third-order valence-corrected chi connectivity index (χ3v) is 4.47. The summed E-state index contributed by atoms with van der Waals surface area (Å²) in [5.74, 6) is 0. The minimum absolute atomic E-state index is 0.0715. The number of aliphatic hydroxyl groups excluding tert-OH is 1. The molecule has 0 spiro atoms. The highest BCUT2D eigenvalue weighted by Gasteiger charge is 2.18. The monoisotopic (exact) mass is 316 g/mol. The largest absolute Gasteiger partial charge is 0.396 e. The molecule has 0 aromatic heterocycles. The lowest BCUT2D eigenvalue weighted by molar-refractivity contribution is 0.282. The molecule has 0 unspecified atom stereocenters. The summed E-state index contributed by atoms with van der Waals surface area (Å²) < 4.78 is 26.6. The van der Waals surface area contributed by atoms with Gasteiger partial charge in [0.15, 0.2) is 0 Å². The Labute approximate surface area is 124 Å². The number of aliphatic hydroxyl groups is 1. The van der Waals surface area contributed by atoms with Gasteiger partial charge in [0, 0.05) is 18.2 Å². The molecule has 0 radical (unpaired) electrons. The van der Waals surface area contributed by atoms with Crippen LogP contribution in [0.15, 0.2) is 23.1 Å². The lowest BCUT2D eigenvalue weighted by Crippen LogP contribution is -2.25. The van der Waals surface area contributed by atoms with Gasteiger partial charge in [-0.1, -0.05) is 24.4 Å². The molecule has 110 valence electrons. The SMILES string of the molecule is N#Cc1ccc(Cl)cc1S(=O)(=O)NCCCCCCO. The highest BCUT2D eigenvalue weighted by atomic mass is 35.5.